The van der Waals surface area contributed by atoms with Gasteiger partial charge in [0, 0.05) is 44.8 Å². The molecule has 0 radical (unpaired) electrons. The molecule has 2 atom stereocenters. The van der Waals surface area contributed by atoms with Crippen molar-refractivity contribution in [2.75, 3.05) is 26.2 Å². The summed E-state index contributed by atoms with van der Waals surface area (Å²) in [6.07, 6.45) is 1.76. The molecular weight excluding hydrogens is 302 g/mol. The molecule has 24 heavy (non-hydrogen) atoms. The smallest absolute Gasteiger partial charge is 0.410 e. The Kier molecular flexibility index (Phi) is 5.74. The minimum atomic E-state index is -0.141. The molecule has 2 saturated heterocycles. The first-order valence-corrected chi connectivity index (χ1v) is 9.09. The number of piperazine rings is 1. The van der Waals surface area contributed by atoms with Crippen LogP contribution in [0.2, 0.25) is 0 Å². The van der Waals surface area contributed by atoms with E-state index in [0.29, 0.717) is 0 Å². The Bertz CT molecular complexity index is 519. The van der Waals surface area contributed by atoms with Crippen molar-refractivity contribution in [3.63, 3.8) is 0 Å². The van der Waals surface area contributed by atoms with Crippen molar-refractivity contribution >= 4 is 6.09 Å². The van der Waals surface area contributed by atoms with E-state index in [2.05, 4.69) is 48.3 Å². The molecule has 2 aliphatic rings. The summed E-state index contributed by atoms with van der Waals surface area (Å²) in [5.41, 5.74) is 1.34. The number of nitrogens with zero attached hydrogens (tertiary/aromatic N) is 2. The molecule has 0 unspecified atom stereocenters. The first kappa shape index (κ1) is 17.2. The molecule has 0 bridgehead atoms. The zero-order valence-corrected chi connectivity index (χ0v) is 14.8. The molecule has 3 rings (SSSR count). The van der Waals surface area contributed by atoms with E-state index < -0.39 is 0 Å². The Morgan fingerprint density at radius 3 is 2.38 bits per heavy atom. The van der Waals surface area contributed by atoms with Crippen molar-refractivity contribution in [3.8, 4) is 0 Å². The topological polar surface area (TPSA) is 44.8 Å². The maximum atomic E-state index is 12.5. The summed E-state index contributed by atoms with van der Waals surface area (Å²) in [4.78, 5) is 16.9. The lowest BCUT2D eigenvalue weighted by Gasteiger charge is -2.40. The zero-order valence-electron chi connectivity index (χ0n) is 14.8. The molecule has 0 aliphatic carbocycles. The van der Waals surface area contributed by atoms with E-state index in [-0.39, 0.29) is 24.3 Å². The molecule has 0 aromatic heterocycles. The fraction of sp³-hybridized carbons (Fsp3) is 0.632. The van der Waals surface area contributed by atoms with Crippen LogP contribution in [0.1, 0.15) is 32.3 Å². The lowest BCUT2D eigenvalue weighted by Crippen LogP contribution is -2.58. The van der Waals surface area contributed by atoms with Gasteiger partial charge in [-0.15, -0.1) is 0 Å². The highest BCUT2D eigenvalue weighted by atomic mass is 16.6. The van der Waals surface area contributed by atoms with Crippen molar-refractivity contribution < 1.29 is 9.53 Å². The second kappa shape index (κ2) is 7.99. The maximum Gasteiger partial charge on any atom is 0.410 e. The minimum absolute atomic E-state index is 0.0545. The zero-order chi connectivity index (χ0) is 16.9. The number of piperidine rings is 1. The quantitative estimate of drug-likeness (QED) is 0.924. The number of rotatable bonds is 3. The van der Waals surface area contributed by atoms with E-state index in [1.165, 1.54) is 5.56 Å². The van der Waals surface area contributed by atoms with Gasteiger partial charge >= 0.3 is 6.09 Å². The predicted octanol–water partition coefficient (Wildman–Crippen LogP) is 2.47. The summed E-state index contributed by atoms with van der Waals surface area (Å²) in [6.45, 7) is 8.79. The molecule has 5 heteroatoms. The van der Waals surface area contributed by atoms with Crippen LogP contribution in [-0.2, 0) is 11.3 Å². The van der Waals surface area contributed by atoms with Crippen LogP contribution < -0.4 is 5.32 Å². The first-order chi connectivity index (χ1) is 11.6. The minimum Gasteiger partial charge on any atom is -0.446 e. The highest BCUT2D eigenvalue weighted by molar-refractivity contribution is 5.69. The maximum absolute atomic E-state index is 12.5. The van der Waals surface area contributed by atoms with Gasteiger partial charge in [-0.3, -0.25) is 4.90 Å². The molecule has 0 spiro atoms. The number of likely N-dealkylation sites (tertiary alicyclic amines) is 1. The van der Waals surface area contributed by atoms with E-state index >= 15 is 0 Å². The SMILES string of the molecule is C[C@@H]1CNC[C@H](C)N1C(=O)OC1CCN(Cc2ccccc2)CC1. The van der Waals surface area contributed by atoms with Crippen LogP contribution in [0.3, 0.4) is 0 Å². The van der Waals surface area contributed by atoms with Crippen LogP contribution in [0.25, 0.3) is 0 Å². The number of amides is 1. The highest BCUT2D eigenvalue weighted by Crippen LogP contribution is 2.19. The standard InChI is InChI=1S/C19H29N3O2/c1-15-12-20-13-16(2)22(15)19(23)24-18-8-10-21(11-9-18)14-17-6-4-3-5-7-17/h3-7,15-16,18,20H,8-14H2,1-2H3/t15-,16+. The Balaban J connectivity index is 1.46. The van der Waals surface area contributed by atoms with E-state index in [1.54, 1.807) is 0 Å². The van der Waals surface area contributed by atoms with Gasteiger partial charge < -0.3 is 15.0 Å². The second-order valence-corrected chi connectivity index (χ2v) is 7.11. The van der Waals surface area contributed by atoms with Crippen LogP contribution in [0.15, 0.2) is 30.3 Å². The number of carbonyl (C=O) groups excluding carboxylic acids is 1. The van der Waals surface area contributed by atoms with E-state index in [1.807, 2.05) is 11.0 Å². The van der Waals surface area contributed by atoms with E-state index in [0.717, 1.165) is 45.6 Å². The van der Waals surface area contributed by atoms with Crippen molar-refractivity contribution in [1.29, 1.82) is 0 Å². The molecule has 1 aromatic rings. The van der Waals surface area contributed by atoms with Crippen molar-refractivity contribution in [1.82, 2.24) is 15.1 Å². The molecule has 0 saturated carbocycles. The van der Waals surface area contributed by atoms with Gasteiger partial charge in [-0.2, -0.15) is 0 Å². The average molecular weight is 331 g/mol. The van der Waals surface area contributed by atoms with Crippen molar-refractivity contribution in [2.45, 2.75) is 51.4 Å². The van der Waals surface area contributed by atoms with E-state index in [9.17, 15) is 4.79 Å². The number of carbonyl (C=O) groups is 1. The van der Waals surface area contributed by atoms with Gasteiger partial charge in [0.2, 0.25) is 0 Å². The Morgan fingerprint density at radius 1 is 1.12 bits per heavy atom. The highest BCUT2D eigenvalue weighted by Gasteiger charge is 2.32. The van der Waals surface area contributed by atoms with Gasteiger partial charge in [0.05, 0.1) is 0 Å². The summed E-state index contributed by atoms with van der Waals surface area (Å²) < 4.78 is 5.80. The summed E-state index contributed by atoms with van der Waals surface area (Å²) in [5, 5.41) is 3.35. The van der Waals surface area contributed by atoms with Crippen molar-refractivity contribution in [2.24, 2.45) is 0 Å². The fourth-order valence-electron chi connectivity index (χ4n) is 3.72. The third-order valence-electron chi connectivity index (χ3n) is 5.09. The average Bonchev–Trinajstić information content (AvgIpc) is 2.57. The third-order valence-corrected chi connectivity index (χ3v) is 5.09. The van der Waals surface area contributed by atoms with Gasteiger partial charge in [0.1, 0.15) is 6.10 Å². The molecule has 2 heterocycles. The van der Waals surface area contributed by atoms with Crippen LogP contribution >= 0.6 is 0 Å². The Hall–Kier alpha value is -1.59. The molecule has 1 N–H and O–H groups in total. The second-order valence-electron chi connectivity index (χ2n) is 7.11. The third kappa shape index (κ3) is 4.28. The number of hydrogen-bond acceptors (Lipinski definition) is 4. The summed E-state index contributed by atoms with van der Waals surface area (Å²) >= 11 is 0. The normalized spacial score (nSPS) is 26.3. The molecule has 132 valence electrons. The van der Waals surface area contributed by atoms with Crippen LogP contribution in [-0.4, -0.2) is 60.3 Å². The van der Waals surface area contributed by atoms with Gasteiger partial charge in [-0.05, 0) is 32.3 Å². The van der Waals surface area contributed by atoms with Crippen molar-refractivity contribution in [3.05, 3.63) is 35.9 Å². The van der Waals surface area contributed by atoms with Crippen LogP contribution in [0, 0.1) is 0 Å². The predicted molar refractivity (Wildman–Crippen MR) is 94.9 cm³/mol. The number of hydrogen-bond donors (Lipinski definition) is 1. The lowest BCUT2D eigenvalue weighted by molar-refractivity contribution is 0.00766. The first-order valence-electron chi connectivity index (χ1n) is 9.09. The van der Waals surface area contributed by atoms with Crippen LogP contribution in [0.4, 0.5) is 4.79 Å². The number of ether oxygens (including phenoxy) is 1. The summed E-state index contributed by atoms with van der Waals surface area (Å²) in [5.74, 6) is 0. The molecule has 5 nitrogen and oxygen atoms in total. The van der Waals surface area contributed by atoms with E-state index in [4.69, 9.17) is 4.74 Å². The lowest BCUT2D eigenvalue weighted by atomic mass is 10.1. The Labute approximate surface area is 145 Å². The van der Waals surface area contributed by atoms with Gasteiger partial charge in [0.25, 0.3) is 0 Å². The van der Waals surface area contributed by atoms with Gasteiger partial charge in [0.15, 0.2) is 0 Å². The Morgan fingerprint density at radius 2 is 1.75 bits per heavy atom. The van der Waals surface area contributed by atoms with Gasteiger partial charge in [-0.1, -0.05) is 30.3 Å². The monoisotopic (exact) mass is 331 g/mol. The molecule has 2 aliphatic heterocycles. The van der Waals surface area contributed by atoms with Crippen LogP contribution in [0.5, 0.6) is 0 Å². The molecule has 2 fully saturated rings. The van der Waals surface area contributed by atoms with Gasteiger partial charge in [-0.25, -0.2) is 4.79 Å². The molecule has 1 amide bonds. The molecule has 1 aromatic carbocycles. The fourth-order valence-corrected chi connectivity index (χ4v) is 3.72. The number of nitrogens with one attached hydrogen (secondary N) is 1. The summed E-state index contributed by atoms with van der Waals surface area (Å²) in [7, 11) is 0. The summed E-state index contributed by atoms with van der Waals surface area (Å²) in [6, 6.07) is 10.9. The molecular formula is C19H29N3O2. The largest absolute Gasteiger partial charge is 0.446 e. The number of benzene rings is 1.